The van der Waals surface area contributed by atoms with Crippen LogP contribution < -0.4 is 0 Å². The SMILES string of the molecule is Brc1ccccc1.F[B-](F)(F)F. The highest BCUT2D eigenvalue weighted by atomic mass is 79.9. The van der Waals surface area contributed by atoms with Crippen LogP contribution in [0.1, 0.15) is 0 Å². The second kappa shape index (κ2) is 5.19. The lowest BCUT2D eigenvalue weighted by molar-refractivity contribution is 0.368. The van der Waals surface area contributed by atoms with Gasteiger partial charge in [-0.3, -0.25) is 0 Å². The monoisotopic (exact) mass is 243 g/mol. The zero-order valence-corrected chi connectivity index (χ0v) is 7.44. The lowest BCUT2D eigenvalue weighted by Gasteiger charge is -1.94. The first-order valence-electron chi connectivity index (χ1n) is 2.97. The predicted molar refractivity (Wildman–Crippen MR) is 44.3 cm³/mol. The van der Waals surface area contributed by atoms with Crippen LogP contribution in [-0.2, 0) is 0 Å². The van der Waals surface area contributed by atoms with E-state index in [4.69, 9.17) is 0 Å². The highest BCUT2D eigenvalue weighted by Crippen LogP contribution is 2.06. The lowest BCUT2D eigenvalue weighted by Crippen LogP contribution is -2.02. The predicted octanol–water partition coefficient (Wildman–Crippen LogP) is 3.75. The summed E-state index contributed by atoms with van der Waals surface area (Å²) in [5.41, 5.74) is 0. The summed E-state index contributed by atoms with van der Waals surface area (Å²) in [5, 5.41) is 0. The van der Waals surface area contributed by atoms with Gasteiger partial charge in [-0.25, -0.2) is 0 Å². The van der Waals surface area contributed by atoms with Crippen molar-refractivity contribution in [3.8, 4) is 0 Å². The maximum atomic E-state index is 9.75. The summed E-state index contributed by atoms with van der Waals surface area (Å²) in [6.45, 7) is 0. The first-order valence-corrected chi connectivity index (χ1v) is 3.77. The van der Waals surface area contributed by atoms with Gasteiger partial charge in [-0.15, -0.1) is 0 Å². The van der Waals surface area contributed by atoms with Crippen molar-refractivity contribution in [1.29, 1.82) is 0 Å². The molecule has 1 aromatic carbocycles. The van der Waals surface area contributed by atoms with Crippen LogP contribution in [0.25, 0.3) is 0 Å². The molecular formula is C6H5BBrF4-. The van der Waals surface area contributed by atoms with Crippen molar-refractivity contribution in [2.24, 2.45) is 0 Å². The molecule has 0 saturated carbocycles. The Morgan fingerprint density at radius 3 is 1.42 bits per heavy atom. The molecule has 0 N–H and O–H groups in total. The van der Waals surface area contributed by atoms with Gasteiger partial charge in [-0.2, -0.15) is 0 Å². The van der Waals surface area contributed by atoms with Crippen molar-refractivity contribution >= 4 is 23.2 Å². The van der Waals surface area contributed by atoms with Crippen molar-refractivity contribution in [2.45, 2.75) is 0 Å². The second-order valence-electron chi connectivity index (χ2n) is 1.79. The van der Waals surface area contributed by atoms with Gasteiger partial charge in [-0.05, 0) is 12.1 Å². The third-order valence-electron chi connectivity index (χ3n) is 0.733. The maximum absolute atomic E-state index is 9.75. The summed E-state index contributed by atoms with van der Waals surface area (Å²) in [4.78, 5) is 0. The van der Waals surface area contributed by atoms with Crippen molar-refractivity contribution in [1.82, 2.24) is 0 Å². The van der Waals surface area contributed by atoms with E-state index in [1.807, 2.05) is 30.3 Å². The topological polar surface area (TPSA) is 0 Å². The Kier molecular flexibility index (Phi) is 4.96. The number of halogens is 5. The van der Waals surface area contributed by atoms with Crippen LogP contribution in [0.15, 0.2) is 34.8 Å². The fourth-order valence-electron chi connectivity index (χ4n) is 0.415. The summed E-state index contributed by atoms with van der Waals surface area (Å²) < 4.78 is 40.1. The molecule has 0 aliphatic rings. The van der Waals surface area contributed by atoms with Gasteiger partial charge in [0.05, 0.1) is 0 Å². The van der Waals surface area contributed by atoms with E-state index in [0.29, 0.717) is 0 Å². The molecule has 0 atom stereocenters. The normalized spacial score (nSPS) is 10.1. The summed E-state index contributed by atoms with van der Waals surface area (Å²) in [6, 6.07) is 9.97. The van der Waals surface area contributed by atoms with Crippen LogP contribution in [0.2, 0.25) is 0 Å². The van der Waals surface area contributed by atoms with Gasteiger partial charge < -0.3 is 17.3 Å². The fraction of sp³-hybridized carbons (Fsp3) is 0. The second-order valence-corrected chi connectivity index (χ2v) is 2.71. The quantitative estimate of drug-likeness (QED) is 0.481. The Labute approximate surface area is 75.8 Å². The van der Waals surface area contributed by atoms with E-state index in [1.54, 1.807) is 0 Å². The van der Waals surface area contributed by atoms with Crippen LogP contribution in [0.3, 0.4) is 0 Å². The molecule has 0 aromatic heterocycles. The molecule has 0 nitrogen and oxygen atoms in total. The highest BCUT2D eigenvalue weighted by Gasteiger charge is 2.20. The molecule has 12 heavy (non-hydrogen) atoms. The van der Waals surface area contributed by atoms with E-state index in [0.717, 1.165) is 4.47 Å². The van der Waals surface area contributed by atoms with Gasteiger partial charge in [0.2, 0.25) is 0 Å². The first kappa shape index (κ1) is 11.5. The lowest BCUT2D eigenvalue weighted by atomic mass is 10.3. The van der Waals surface area contributed by atoms with Crippen LogP contribution in [0, 0.1) is 0 Å². The Morgan fingerprint density at radius 1 is 0.917 bits per heavy atom. The molecule has 1 rings (SSSR count). The van der Waals surface area contributed by atoms with E-state index < -0.39 is 7.25 Å². The van der Waals surface area contributed by atoms with Crippen LogP contribution in [0.4, 0.5) is 17.3 Å². The number of hydrogen-bond acceptors (Lipinski definition) is 0. The van der Waals surface area contributed by atoms with Gasteiger partial charge in [0.15, 0.2) is 0 Å². The molecule has 0 heterocycles. The minimum atomic E-state index is -6.00. The average molecular weight is 244 g/mol. The smallest absolute Gasteiger partial charge is 0.418 e. The summed E-state index contributed by atoms with van der Waals surface area (Å²) in [7, 11) is -6.00. The van der Waals surface area contributed by atoms with E-state index in [1.165, 1.54) is 0 Å². The molecule has 6 heteroatoms. The average Bonchev–Trinajstić information content (AvgIpc) is 1.85. The molecule has 0 saturated heterocycles. The van der Waals surface area contributed by atoms with Crippen molar-refractivity contribution in [3.05, 3.63) is 34.8 Å². The third kappa shape index (κ3) is 12.2. The van der Waals surface area contributed by atoms with Crippen LogP contribution in [-0.4, -0.2) is 7.25 Å². The first-order chi connectivity index (χ1) is 5.39. The zero-order valence-electron chi connectivity index (χ0n) is 5.85. The molecule has 0 aliphatic heterocycles. The third-order valence-corrected chi connectivity index (χ3v) is 1.26. The largest absolute Gasteiger partial charge is 0.673 e. The molecule has 0 aliphatic carbocycles. The zero-order chi connectivity index (χ0) is 9.61. The Morgan fingerprint density at radius 2 is 1.25 bits per heavy atom. The van der Waals surface area contributed by atoms with Crippen LogP contribution >= 0.6 is 15.9 Å². The van der Waals surface area contributed by atoms with Crippen molar-refractivity contribution in [3.63, 3.8) is 0 Å². The number of rotatable bonds is 0. The molecule has 68 valence electrons. The number of benzene rings is 1. The maximum Gasteiger partial charge on any atom is 0.673 e. The molecule has 0 fully saturated rings. The Balaban J connectivity index is 0.000000217. The van der Waals surface area contributed by atoms with Gasteiger partial charge in [0, 0.05) is 4.47 Å². The highest BCUT2D eigenvalue weighted by molar-refractivity contribution is 9.10. The number of hydrogen-bond donors (Lipinski definition) is 0. The van der Waals surface area contributed by atoms with Crippen molar-refractivity contribution < 1.29 is 17.3 Å². The van der Waals surface area contributed by atoms with Crippen LogP contribution in [0.5, 0.6) is 0 Å². The molecule has 0 unspecified atom stereocenters. The summed E-state index contributed by atoms with van der Waals surface area (Å²) in [5.74, 6) is 0. The Hall–Kier alpha value is -0.515. The minimum absolute atomic E-state index is 1.13. The standard InChI is InChI=1S/C6H5Br.BF4/c7-6-4-2-1-3-5-6;2-1(3,4)5/h1-5H;/q;-1. The molecule has 0 bridgehead atoms. The van der Waals surface area contributed by atoms with E-state index >= 15 is 0 Å². The molecule has 0 spiro atoms. The summed E-state index contributed by atoms with van der Waals surface area (Å²) >= 11 is 3.31. The molecular weight excluding hydrogens is 239 g/mol. The van der Waals surface area contributed by atoms with Gasteiger partial charge >= 0.3 is 7.25 Å². The van der Waals surface area contributed by atoms with E-state index in [2.05, 4.69) is 15.9 Å². The molecule has 0 radical (unpaired) electrons. The van der Waals surface area contributed by atoms with E-state index in [9.17, 15) is 17.3 Å². The minimum Gasteiger partial charge on any atom is -0.418 e. The molecule has 1 aromatic rings. The Bertz CT molecular complexity index is 205. The molecule has 0 amide bonds. The fourth-order valence-corrected chi connectivity index (χ4v) is 0.720. The van der Waals surface area contributed by atoms with Gasteiger partial charge in [0.1, 0.15) is 0 Å². The van der Waals surface area contributed by atoms with Crippen molar-refractivity contribution in [2.75, 3.05) is 0 Å². The van der Waals surface area contributed by atoms with Gasteiger partial charge in [-0.1, -0.05) is 34.1 Å². The van der Waals surface area contributed by atoms with Gasteiger partial charge in [0.25, 0.3) is 0 Å². The summed E-state index contributed by atoms with van der Waals surface area (Å²) in [6.07, 6.45) is 0. The van der Waals surface area contributed by atoms with E-state index in [-0.39, 0.29) is 0 Å².